The largest absolute Gasteiger partial charge is 0.491 e. The lowest BCUT2D eigenvalue weighted by molar-refractivity contribution is 0.100. The van der Waals surface area contributed by atoms with Crippen LogP contribution in [-0.2, 0) is 13.1 Å². The van der Waals surface area contributed by atoms with Crippen molar-refractivity contribution in [2.24, 2.45) is 5.73 Å². The molecule has 0 unspecified atom stereocenters. The molecule has 5 rings (SSSR count). The van der Waals surface area contributed by atoms with E-state index >= 15 is 0 Å². The number of carbonyl (C=O) groups excluding carboxylic acids is 1. The molecule has 0 spiro atoms. The smallest absolute Gasteiger partial charge is 0.252 e. The number of carbonyl (C=O) groups is 1. The maximum absolute atomic E-state index is 14.1. The monoisotopic (exact) mass is 538 g/mol. The Kier molecular flexibility index (Phi) is 7.68. The lowest BCUT2D eigenvalue weighted by Gasteiger charge is -2.26. The van der Waals surface area contributed by atoms with Gasteiger partial charge in [0.1, 0.15) is 11.6 Å². The third-order valence-corrected chi connectivity index (χ3v) is 6.36. The van der Waals surface area contributed by atoms with Gasteiger partial charge in [-0.1, -0.05) is 18.2 Å². The van der Waals surface area contributed by atoms with Crippen molar-refractivity contribution in [3.8, 4) is 16.9 Å². The van der Waals surface area contributed by atoms with E-state index in [1.165, 1.54) is 6.07 Å². The van der Waals surface area contributed by atoms with Gasteiger partial charge in [0.2, 0.25) is 0 Å². The second-order valence-corrected chi connectivity index (χ2v) is 9.79. The van der Waals surface area contributed by atoms with Gasteiger partial charge < -0.3 is 15.4 Å². The van der Waals surface area contributed by atoms with E-state index in [9.17, 15) is 13.6 Å². The standard InChI is InChI=1S/C32H28F2N4O2/c1-20(2)40-26-14-22(13-25(17-26)23-8-10-30-24(16-23)5-3-11-36-30)19-38(18-21-7-9-28(33)29(34)15-21)32-27(31(35)39)6-4-12-37-32/h3-17,20H,18-19H2,1-2H3,(H2,35,39). The van der Waals surface area contributed by atoms with Gasteiger partial charge in [0.05, 0.1) is 17.2 Å². The van der Waals surface area contributed by atoms with Crippen molar-refractivity contribution in [3.63, 3.8) is 0 Å². The maximum atomic E-state index is 14.1. The fourth-order valence-electron chi connectivity index (χ4n) is 4.64. The summed E-state index contributed by atoms with van der Waals surface area (Å²) in [6, 6.07) is 22.9. The molecule has 8 heteroatoms. The number of anilines is 1. The van der Waals surface area contributed by atoms with Crippen molar-refractivity contribution < 1.29 is 18.3 Å². The quantitative estimate of drug-likeness (QED) is 0.227. The van der Waals surface area contributed by atoms with Crippen LogP contribution in [0.1, 0.15) is 35.3 Å². The van der Waals surface area contributed by atoms with Gasteiger partial charge in [0.15, 0.2) is 11.6 Å². The third-order valence-electron chi connectivity index (χ3n) is 6.36. The Morgan fingerprint density at radius 3 is 2.40 bits per heavy atom. The molecule has 2 N–H and O–H groups in total. The molecule has 2 aromatic heterocycles. The summed E-state index contributed by atoms with van der Waals surface area (Å²) in [5, 5.41) is 1.01. The topological polar surface area (TPSA) is 81.3 Å². The zero-order valence-electron chi connectivity index (χ0n) is 22.1. The minimum absolute atomic E-state index is 0.0561. The maximum Gasteiger partial charge on any atom is 0.252 e. The number of aromatic nitrogens is 2. The molecular weight excluding hydrogens is 510 g/mol. The molecule has 0 aliphatic rings. The van der Waals surface area contributed by atoms with Crippen LogP contribution in [0.3, 0.4) is 0 Å². The molecule has 6 nitrogen and oxygen atoms in total. The summed E-state index contributed by atoms with van der Waals surface area (Å²) < 4.78 is 33.8. The number of benzene rings is 3. The molecule has 0 atom stereocenters. The molecule has 0 fully saturated rings. The molecule has 0 saturated carbocycles. The fraction of sp³-hybridized carbons (Fsp3) is 0.156. The summed E-state index contributed by atoms with van der Waals surface area (Å²) in [4.78, 5) is 22.9. The van der Waals surface area contributed by atoms with Crippen LogP contribution in [0.2, 0.25) is 0 Å². The molecule has 0 aliphatic heterocycles. The molecule has 5 aromatic rings. The Hall–Kier alpha value is -4.85. The molecule has 3 aromatic carbocycles. The van der Waals surface area contributed by atoms with Gasteiger partial charge in [-0.3, -0.25) is 9.78 Å². The lowest BCUT2D eigenvalue weighted by Crippen LogP contribution is -2.27. The second kappa shape index (κ2) is 11.5. The first-order valence-corrected chi connectivity index (χ1v) is 12.9. The van der Waals surface area contributed by atoms with Crippen molar-refractivity contribution >= 4 is 22.6 Å². The van der Waals surface area contributed by atoms with Gasteiger partial charge >= 0.3 is 0 Å². The van der Waals surface area contributed by atoms with E-state index in [1.807, 2.05) is 61.2 Å². The van der Waals surface area contributed by atoms with Crippen LogP contribution in [0.5, 0.6) is 5.75 Å². The highest BCUT2D eigenvalue weighted by Crippen LogP contribution is 2.31. The first-order valence-electron chi connectivity index (χ1n) is 12.9. The van der Waals surface area contributed by atoms with E-state index in [2.05, 4.69) is 16.0 Å². The number of rotatable bonds is 9. The van der Waals surface area contributed by atoms with Crippen LogP contribution in [-0.4, -0.2) is 22.0 Å². The zero-order valence-corrected chi connectivity index (χ0v) is 22.1. The number of nitrogens with two attached hydrogens (primary N) is 1. The average Bonchev–Trinajstić information content (AvgIpc) is 2.94. The second-order valence-electron chi connectivity index (χ2n) is 9.79. The van der Waals surface area contributed by atoms with Crippen LogP contribution in [0.15, 0.2) is 91.3 Å². The minimum atomic E-state index is -0.950. The Morgan fingerprint density at radius 1 is 0.850 bits per heavy atom. The highest BCUT2D eigenvalue weighted by atomic mass is 19.2. The molecular formula is C32H28F2N4O2. The molecule has 0 radical (unpaired) electrons. The molecule has 0 aliphatic carbocycles. The number of hydrogen-bond acceptors (Lipinski definition) is 5. The summed E-state index contributed by atoms with van der Waals surface area (Å²) in [7, 11) is 0. The van der Waals surface area contributed by atoms with Crippen LogP contribution in [0.4, 0.5) is 14.6 Å². The number of amides is 1. The number of halogens is 2. The number of primary amides is 1. The van der Waals surface area contributed by atoms with Crippen LogP contribution >= 0.6 is 0 Å². The van der Waals surface area contributed by atoms with Crippen molar-refractivity contribution in [2.45, 2.75) is 33.0 Å². The van der Waals surface area contributed by atoms with Gasteiger partial charge in [-0.15, -0.1) is 0 Å². The summed E-state index contributed by atoms with van der Waals surface area (Å²) in [5.74, 6) is -1.50. The minimum Gasteiger partial charge on any atom is -0.491 e. The number of fused-ring (bicyclic) bond motifs is 1. The number of pyridine rings is 2. The van der Waals surface area contributed by atoms with Crippen LogP contribution < -0.4 is 15.4 Å². The fourth-order valence-corrected chi connectivity index (χ4v) is 4.64. The van der Waals surface area contributed by atoms with Gasteiger partial charge in [-0.2, -0.15) is 0 Å². The predicted octanol–water partition coefficient (Wildman–Crippen LogP) is 6.67. The van der Waals surface area contributed by atoms with Crippen LogP contribution in [0.25, 0.3) is 22.0 Å². The first-order chi connectivity index (χ1) is 19.3. The van der Waals surface area contributed by atoms with Crippen LogP contribution in [0, 0.1) is 11.6 Å². The average molecular weight is 539 g/mol. The number of nitrogens with zero attached hydrogens (tertiary/aromatic N) is 3. The lowest BCUT2D eigenvalue weighted by atomic mass is 10.00. The Balaban J connectivity index is 1.59. The molecule has 2 heterocycles. The number of hydrogen-bond donors (Lipinski definition) is 1. The molecule has 0 saturated heterocycles. The van der Waals surface area contributed by atoms with E-state index in [-0.39, 0.29) is 24.8 Å². The summed E-state index contributed by atoms with van der Waals surface area (Å²) in [6.45, 7) is 4.35. The Labute approximate surface area is 231 Å². The highest BCUT2D eigenvalue weighted by Gasteiger charge is 2.19. The summed E-state index contributed by atoms with van der Waals surface area (Å²) in [5.41, 5.74) is 10.1. The van der Waals surface area contributed by atoms with Gasteiger partial charge in [0.25, 0.3) is 5.91 Å². The number of ether oxygens (including phenoxy) is 1. The van der Waals surface area contributed by atoms with E-state index in [4.69, 9.17) is 10.5 Å². The molecule has 1 amide bonds. The molecule has 40 heavy (non-hydrogen) atoms. The van der Waals surface area contributed by atoms with Gasteiger partial charge in [0, 0.05) is 30.9 Å². The SMILES string of the molecule is CC(C)Oc1cc(CN(Cc2ccc(F)c(F)c2)c2ncccc2C(N)=O)cc(-c2ccc3ncccc3c2)c1. The van der Waals surface area contributed by atoms with E-state index < -0.39 is 17.5 Å². The van der Waals surface area contributed by atoms with Gasteiger partial charge in [-0.05, 0) is 96.8 Å². The highest BCUT2D eigenvalue weighted by molar-refractivity contribution is 5.97. The zero-order chi connectivity index (χ0) is 28.2. The van der Waals surface area contributed by atoms with E-state index in [0.717, 1.165) is 39.7 Å². The van der Waals surface area contributed by atoms with Gasteiger partial charge in [-0.25, -0.2) is 13.8 Å². The molecule has 202 valence electrons. The molecule has 0 bridgehead atoms. The third kappa shape index (κ3) is 6.07. The van der Waals surface area contributed by atoms with Crippen molar-refractivity contribution in [3.05, 3.63) is 120 Å². The Morgan fingerprint density at radius 2 is 1.62 bits per heavy atom. The predicted molar refractivity (Wildman–Crippen MR) is 152 cm³/mol. The first kappa shape index (κ1) is 26.7. The van der Waals surface area contributed by atoms with E-state index in [0.29, 0.717) is 17.1 Å². The van der Waals surface area contributed by atoms with Crippen molar-refractivity contribution in [1.29, 1.82) is 0 Å². The van der Waals surface area contributed by atoms with E-state index in [1.54, 1.807) is 24.5 Å². The van der Waals surface area contributed by atoms with Crippen molar-refractivity contribution in [2.75, 3.05) is 4.90 Å². The normalized spacial score (nSPS) is 11.1. The Bertz CT molecular complexity index is 1690. The van der Waals surface area contributed by atoms with Crippen molar-refractivity contribution in [1.82, 2.24) is 9.97 Å². The summed E-state index contributed by atoms with van der Waals surface area (Å²) >= 11 is 0. The summed E-state index contributed by atoms with van der Waals surface area (Å²) in [6.07, 6.45) is 3.27.